The third kappa shape index (κ3) is 5.08. The first-order valence-corrected chi connectivity index (χ1v) is 8.70. The number of benzene rings is 3. The van der Waals surface area contributed by atoms with Gasteiger partial charge in [0.15, 0.2) is 0 Å². The molecule has 0 aliphatic rings. The Kier molecular flexibility index (Phi) is 5.96. The molecule has 4 nitrogen and oxygen atoms in total. The molecule has 0 atom stereocenters. The van der Waals surface area contributed by atoms with Crippen molar-refractivity contribution < 1.29 is 36.9 Å². The summed E-state index contributed by atoms with van der Waals surface area (Å²) >= 11 is 0. The van der Waals surface area contributed by atoms with Gasteiger partial charge in [-0.1, -0.05) is 18.2 Å². The molecule has 0 aliphatic carbocycles. The molecule has 0 spiro atoms. The lowest BCUT2D eigenvalue weighted by molar-refractivity contribution is -0.140. The fourth-order valence-corrected chi connectivity index (χ4v) is 2.88. The fourth-order valence-electron chi connectivity index (χ4n) is 2.88. The quantitative estimate of drug-likeness (QED) is 0.502. The van der Waals surface area contributed by atoms with Gasteiger partial charge in [-0.2, -0.15) is 13.2 Å². The molecule has 156 valence electrons. The molecule has 0 fully saturated rings. The van der Waals surface area contributed by atoms with Crippen LogP contribution in [0.5, 0.6) is 17.2 Å². The van der Waals surface area contributed by atoms with Gasteiger partial charge in [0.1, 0.15) is 23.1 Å². The van der Waals surface area contributed by atoms with Gasteiger partial charge in [-0.05, 0) is 53.1 Å². The van der Waals surface area contributed by atoms with Gasteiger partial charge in [-0.25, -0.2) is 4.39 Å². The Balaban J connectivity index is 1.93. The number of alkyl halides is 3. The fraction of sp³-hybridized carbons (Fsp3) is 0.136. The molecule has 3 aromatic rings. The van der Waals surface area contributed by atoms with Crippen LogP contribution in [0.3, 0.4) is 0 Å². The van der Waals surface area contributed by atoms with Crippen molar-refractivity contribution >= 4 is 5.97 Å². The molecular formula is C22H16F4O4. The average molecular weight is 420 g/mol. The van der Waals surface area contributed by atoms with Crippen molar-refractivity contribution in [1.29, 1.82) is 0 Å². The first kappa shape index (κ1) is 21.2. The van der Waals surface area contributed by atoms with E-state index in [9.17, 15) is 22.4 Å². The highest BCUT2D eigenvalue weighted by Gasteiger charge is 2.34. The maximum atomic E-state index is 13.5. The van der Waals surface area contributed by atoms with E-state index in [-0.39, 0.29) is 12.0 Å². The minimum atomic E-state index is -4.81. The van der Waals surface area contributed by atoms with E-state index in [1.165, 1.54) is 25.3 Å². The van der Waals surface area contributed by atoms with E-state index in [1.807, 2.05) is 0 Å². The Morgan fingerprint density at radius 1 is 0.933 bits per heavy atom. The van der Waals surface area contributed by atoms with Gasteiger partial charge in [0.2, 0.25) is 0 Å². The summed E-state index contributed by atoms with van der Waals surface area (Å²) in [5, 5.41) is 8.98. The Labute approximate surface area is 169 Å². The van der Waals surface area contributed by atoms with Crippen LogP contribution in [0, 0.1) is 5.82 Å². The van der Waals surface area contributed by atoms with Crippen molar-refractivity contribution in [1.82, 2.24) is 0 Å². The number of methoxy groups -OCH3 is 1. The van der Waals surface area contributed by atoms with E-state index in [0.29, 0.717) is 28.4 Å². The third-order valence-electron chi connectivity index (χ3n) is 4.21. The first-order valence-electron chi connectivity index (χ1n) is 8.70. The van der Waals surface area contributed by atoms with Crippen molar-refractivity contribution in [3.05, 3.63) is 77.6 Å². The van der Waals surface area contributed by atoms with E-state index in [2.05, 4.69) is 0 Å². The molecule has 0 aromatic heterocycles. The van der Waals surface area contributed by atoms with Gasteiger partial charge in [0.05, 0.1) is 19.1 Å². The van der Waals surface area contributed by atoms with Gasteiger partial charge in [-0.15, -0.1) is 0 Å². The SMILES string of the molecule is COc1cc(CC(=O)O)cc(Oc2cccc(-c3ccc(F)c(C(F)(F)F)c3)c2)c1. The van der Waals surface area contributed by atoms with Crippen molar-refractivity contribution in [2.75, 3.05) is 7.11 Å². The van der Waals surface area contributed by atoms with E-state index in [4.69, 9.17) is 14.6 Å². The molecule has 0 aliphatic heterocycles. The number of carboxylic acids is 1. The average Bonchev–Trinajstić information content (AvgIpc) is 2.67. The molecular weight excluding hydrogens is 404 g/mol. The maximum absolute atomic E-state index is 13.5. The summed E-state index contributed by atoms with van der Waals surface area (Å²) < 4.78 is 63.4. The highest BCUT2D eigenvalue weighted by atomic mass is 19.4. The Hall–Kier alpha value is -3.55. The van der Waals surface area contributed by atoms with Gasteiger partial charge < -0.3 is 14.6 Å². The third-order valence-corrected chi connectivity index (χ3v) is 4.21. The van der Waals surface area contributed by atoms with E-state index in [1.54, 1.807) is 30.3 Å². The van der Waals surface area contributed by atoms with Crippen molar-refractivity contribution in [2.24, 2.45) is 0 Å². The second kappa shape index (κ2) is 8.44. The number of aliphatic carboxylic acids is 1. The smallest absolute Gasteiger partial charge is 0.419 e. The summed E-state index contributed by atoms with van der Waals surface area (Å²) in [6.45, 7) is 0. The van der Waals surface area contributed by atoms with Crippen molar-refractivity contribution in [3.8, 4) is 28.4 Å². The van der Waals surface area contributed by atoms with Crippen LogP contribution in [0.2, 0.25) is 0 Å². The molecule has 1 N–H and O–H groups in total. The number of halogens is 4. The largest absolute Gasteiger partial charge is 0.497 e. The number of hydrogen-bond acceptors (Lipinski definition) is 3. The van der Waals surface area contributed by atoms with Crippen LogP contribution in [0.1, 0.15) is 11.1 Å². The summed E-state index contributed by atoms with van der Waals surface area (Å²) in [5.41, 5.74) is -0.322. The van der Waals surface area contributed by atoms with Crippen LogP contribution in [0.25, 0.3) is 11.1 Å². The summed E-state index contributed by atoms with van der Waals surface area (Å²) in [6.07, 6.45) is -5.04. The summed E-state index contributed by atoms with van der Waals surface area (Å²) in [4.78, 5) is 11.0. The molecule has 0 saturated carbocycles. The molecule has 3 rings (SSSR count). The second-order valence-electron chi connectivity index (χ2n) is 6.41. The molecule has 0 bridgehead atoms. The zero-order chi connectivity index (χ0) is 21.9. The molecule has 0 amide bonds. The normalized spacial score (nSPS) is 11.2. The lowest BCUT2D eigenvalue weighted by Crippen LogP contribution is -2.08. The van der Waals surface area contributed by atoms with Gasteiger partial charge in [-0.3, -0.25) is 4.79 Å². The van der Waals surface area contributed by atoms with Crippen LogP contribution >= 0.6 is 0 Å². The number of hydrogen-bond donors (Lipinski definition) is 1. The maximum Gasteiger partial charge on any atom is 0.419 e. The molecule has 0 unspecified atom stereocenters. The lowest BCUT2D eigenvalue weighted by atomic mass is 10.0. The van der Waals surface area contributed by atoms with E-state index < -0.39 is 23.5 Å². The van der Waals surface area contributed by atoms with Crippen LogP contribution in [-0.4, -0.2) is 18.2 Å². The summed E-state index contributed by atoms with van der Waals surface area (Å²) in [6, 6.07) is 13.7. The van der Waals surface area contributed by atoms with E-state index >= 15 is 0 Å². The first-order chi connectivity index (χ1) is 14.2. The summed E-state index contributed by atoms with van der Waals surface area (Å²) in [5.74, 6) is -1.36. The molecule has 30 heavy (non-hydrogen) atoms. The Morgan fingerprint density at radius 3 is 2.30 bits per heavy atom. The zero-order valence-corrected chi connectivity index (χ0v) is 15.7. The predicted octanol–water partition coefficient (Wildman–Crippen LogP) is 5.94. The lowest BCUT2D eigenvalue weighted by Gasteiger charge is -2.12. The number of rotatable bonds is 6. The monoisotopic (exact) mass is 420 g/mol. The van der Waals surface area contributed by atoms with Gasteiger partial charge in [0.25, 0.3) is 0 Å². The van der Waals surface area contributed by atoms with Crippen molar-refractivity contribution in [3.63, 3.8) is 0 Å². The Morgan fingerprint density at radius 2 is 1.63 bits per heavy atom. The zero-order valence-electron chi connectivity index (χ0n) is 15.7. The standard InChI is InChI=1S/C22H16F4O4/c1-29-17-7-13(9-21(27)28)8-18(12-17)30-16-4-2-3-14(10-16)15-5-6-20(23)19(11-15)22(24,25)26/h2-8,10-12H,9H2,1H3,(H,27,28). The Bertz CT molecular complexity index is 1080. The number of carbonyl (C=O) groups is 1. The van der Waals surface area contributed by atoms with Gasteiger partial charge >= 0.3 is 12.1 Å². The topological polar surface area (TPSA) is 55.8 Å². The number of ether oxygens (including phenoxy) is 2. The highest BCUT2D eigenvalue weighted by Crippen LogP contribution is 2.35. The number of carboxylic acid groups (broad SMARTS) is 1. The summed E-state index contributed by atoms with van der Waals surface area (Å²) in [7, 11) is 1.43. The second-order valence-corrected chi connectivity index (χ2v) is 6.41. The van der Waals surface area contributed by atoms with E-state index in [0.717, 1.165) is 12.1 Å². The molecule has 0 radical (unpaired) electrons. The minimum absolute atomic E-state index is 0.173. The van der Waals surface area contributed by atoms with Crippen LogP contribution < -0.4 is 9.47 Å². The van der Waals surface area contributed by atoms with Crippen molar-refractivity contribution in [2.45, 2.75) is 12.6 Å². The molecule has 3 aromatic carbocycles. The van der Waals surface area contributed by atoms with Crippen LogP contribution in [-0.2, 0) is 17.4 Å². The van der Waals surface area contributed by atoms with Gasteiger partial charge in [0, 0.05) is 6.07 Å². The molecule has 0 heterocycles. The molecule has 8 heteroatoms. The highest BCUT2D eigenvalue weighted by molar-refractivity contribution is 5.71. The van der Waals surface area contributed by atoms with Crippen LogP contribution in [0.4, 0.5) is 17.6 Å². The van der Waals surface area contributed by atoms with Crippen LogP contribution in [0.15, 0.2) is 60.7 Å². The minimum Gasteiger partial charge on any atom is -0.497 e. The molecule has 0 saturated heterocycles. The predicted molar refractivity (Wildman–Crippen MR) is 101 cm³/mol.